The van der Waals surface area contributed by atoms with Crippen LogP contribution < -0.4 is 21.3 Å². The average Bonchev–Trinajstić information content (AvgIpc) is 3.13. The van der Waals surface area contributed by atoms with Crippen molar-refractivity contribution in [3.05, 3.63) is 47.9 Å². The first-order chi connectivity index (χ1) is 16.0. The van der Waals surface area contributed by atoms with Crippen molar-refractivity contribution in [1.82, 2.24) is 25.1 Å². The zero-order valence-corrected chi connectivity index (χ0v) is 20.0. The largest absolute Gasteiger partial charge is 0.421 e. The third-order valence-electron chi connectivity index (χ3n) is 5.78. The lowest BCUT2D eigenvalue weighted by atomic mass is 10.1. The van der Waals surface area contributed by atoms with Gasteiger partial charge in [0.25, 0.3) is 0 Å². The van der Waals surface area contributed by atoms with Crippen LogP contribution in [0.2, 0.25) is 0 Å². The molecule has 0 spiro atoms. The van der Waals surface area contributed by atoms with E-state index in [2.05, 4.69) is 31.0 Å². The van der Waals surface area contributed by atoms with Gasteiger partial charge in [-0.1, -0.05) is 12.1 Å². The lowest BCUT2D eigenvalue weighted by Crippen LogP contribution is -2.30. The second-order valence-electron chi connectivity index (χ2n) is 8.64. The number of benzene rings is 1. The highest BCUT2D eigenvalue weighted by Gasteiger charge is 2.36. The molecule has 0 saturated carbocycles. The zero-order valence-electron chi connectivity index (χ0n) is 19.1. The Morgan fingerprint density at radius 3 is 2.47 bits per heavy atom. The molecular formula is C22H27F3N7OP. The van der Waals surface area contributed by atoms with Crippen molar-refractivity contribution in [2.24, 2.45) is 0 Å². The van der Waals surface area contributed by atoms with Gasteiger partial charge in [-0.05, 0) is 58.3 Å². The predicted molar refractivity (Wildman–Crippen MR) is 127 cm³/mol. The van der Waals surface area contributed by atoms with Gasteiger partial charge in [-0.2, -0.15) is 23.3 Å². The molecule has 2 aromatic heterocycles. The number of nitrogens with zero attached hydrogens (tertiary/aromatic N) is 4. The summed E-state index contributed by atoms with van der Waals surface area (Å²) in [5.74, 6) is -0.425. The first kappa shape index (κ1) is 24.2. The van der Waals surface area contributed by atoms with Gasteiger partial charge in [0.15, 0.2) is 0 Å². The van der Waals surface area contributed by atoms with Crippen molar-refractivity contribution in [2.75, 3.05) is 37.1 Å². The number of anilines is 4. The summed E-state index contributed by atoms with van der Waals surface area (Å²) >= 11 is 0. The summed E-state index contributed by atoms with van der Waals surface area (Å²) in [5.41, 5.74) is 0.766. The van der Waals surface area contributed by atoms with Crippen molar-refractivity contribution >= 4 is 35.6 Å². The summed E-state index contributed by atoms with van der Waals surface area (Å²) in [6.45, 7) is 6.85. The van der Waals surface area contributed by atoms with Gasteiger partial charge in [0, 0.05) is 11.5 Å². The van der Waals surface area contributed by atoms with E-state index in [0.717, 1.165) is 37.8 Å². The summed E-state index contributed by atoms with van der Waals surface area (Å²) in [6.07, 6.45) is -0.404. The third kappa shape index (κ3) is 5.26. The quantitative estimate of drug-likeness (QED) is 0.430. The molecule has 1 aliphatic rings. The van der Waals surface area contributed by atoms with Crippen molar-refractivity contribution in [2.45, 2.75) is 32.0 Å². The standard InChI is InChI=1S/C22H27F3N7OP/c1-14-18(13-28-32(14)15-8-10-26-11-9-15)30-21-27-12-16(22(23,24)25)20(31-21)29-17-6-4-5-7-19(17)34(2,3)33/h4-7,12-13,15,26H,8-11H2,1-3H3,(H2,27,29,30,31). The molecule has 12 heteroatoms. The lowest BCUT2D eigenvalue weighted by Gasteiger charge is -2.24. The van der Waals surface area contributed by atoms with Crippen LogP contribution in [0.3, 0.4) is 0 Å². The van der Waals surface area contributed by atoms with Gasteiger partial charge in [0.2, 0.25) is 5.95 Å². The van der Waals surface area contributed by atoms with Crippen molar-refractivity contribution in [1.29, 1.82) is 0 Å². The predicted octanol–water partition coefficient (Wildman–Crippen LogP) is 4.66. The molecule has 3 N–H and O–H groups in total. The molecule has 0 unspecified atom stereocenters. The van der Waals surface area contributed by atoms with Gasteiger partial charge in [0.05, 0.1) is 29.3 Å². The molecule has 0 aliphatic carbocycles. The van der Waals surface area contributed by atoms with Crippen LogP contribution in [0.5, 0.6) is 0 Å². The second kappa shape index (κ2) is 9.38. The van der Waals surface area contributed by atoms with Gasteiger partial charge in [0.1, 0.15) is 18.5 Å². The van der Waals surface area contributed by atoms with Crippen LogP contribution in [-0.4, -0.2) is 46.2 Å². The van der Waals surface area contributed by atoms with Gasteiger partial charge in [-0.3, -0.25) is 4.68 Å². The fourth-order valence-electron chi connectivity index (χ4n) is 4.01. The molecule has 3 heterocycles. The number of piperidine rings is 1. The number of hydrogen-bond acceptors (Lipinski definition) is 7. The van der Waals surface area contributed by atoms with Gasteiger partial charge < -0.3 is 20.5 Å². The molecule has 34 heavy (non-hydrogen) atoms. The molecule has 182 valence electrons. The molecule has 4 rings (SSSR count). The summed E-state index contributed by atoms with van der Waals surface area (Å²) in [5, 5.41) is 14.0. The van der Waals surface area contributed by atoms with Crippen LogP contribution in [0.15, 0.2) is 36.7 Å². The zero-order chi connectivity index (χ0) is 24.5. The van der Waals surface area contributed by atoms with Gasteiger partial charge >= 0.3 is 6.18 Å². The summed E-state index contributed by atoms with van der Waals surface area (Å²) in [6, 6.07) is 6.83. The molecule has 0 amide bonds. The van der Waals surface area contributed by atoms with E-state index in [1.807, 2.05) is 11.6 Å². The Morgan fingerprint density at radius 2 is 1.79 bits per heavy atom. The van der Waals surface area contributed by atoms with E-state index in [1.165, 1.54) is 0 Å². The second-order valence-corrected chi connectivity index (χ2v) is 11.8. The fraction of sp³-hybridized carbons (Fsp3) is 0.409. The first-order valence-corrected chi connectivity index (χ1v) is 13.5. The minimum atomic E-state index is -4.67. The van der Waals surface area contributed by atoms with Crippen LogP contribution in [0.4, 0.5) is 36.3 Å². The van der Waals surface area contributed by atoms with E-state index >= 15 is 0 Å². The molecule has 8 nitrogen and oxygen atoms in total. The molecule has 1 aliphatic heterocycles. The van der Waals surface area contributed by atoms with Crippen molar-refractivity contribution in [3.63, 3.8) is 0 Å². The van der Waals surface area contributed by atoms with E-state index in [0.29, 0.717) is 16.7 Å². The number of para-hydroxylation sites is 1. The number of halogens is 3. The SMILES string of the molecule is Cc1c(Nc2ncc(C(F)(F)F)c(Nc3ccccc3P(C)(C)=O)n2)cnn1C1CCNCC1. The Labute approximate surface area is 195 Å². The maximum absolute atomic E-state index is 13.7. The number of nitrogens with one attached hydrogen (secondary N) is 3. The van der Waals surface area contributed by atoms with Crippen molar-refractivity contribution < 1.29 is 17.7 Å². The fourth-order valence-corrected chi connectivity index (χ4v) is 5.16. The van der Waals surface area contributed by atoms with Crippen LogP contribution in [-0.2, 0) is 10.7 Å². The lowest BCUT2D eigenvalue weighted by molar-refractivity contribution is -0.137. The molecular weight excluding hydrogens is 466 g/mol. The van der Waals surface area contributed by atoms with Crippen molar-refractivity contribution in [3.8, 4) is 0 Å². The third-order valence-corrected chi connectivity index (χ3v) is 7.33. The minimum absolute atomic E-state index is 0.00267. The highest BCUT2D eigenvalue weighted by atomic mass is 31.2. The van der Waals surface area contributed by atoms with E-state index in [9.17, 15) is 17.7 Å². The maximum Gasteiger partial charge on any atom is 0.421 e. The van der Waals surface area contributed by atoms with E-state index in [1.54, 1.807) is 43.8 Å². The Hall–Kier alpha value is -2.91. The summed E-state index contributed by atoms with van der Waals surface area (Å²) < 4.78 is 55.7. The number of rotatable bonds is 6. The molecule has 1 aromatic carbocycles. The average molecular weight is 493 g/mol. The van der Waals surface area contributed by atoms with E-state index in [4.69, 9.17) is 0 Å². The van der Waals surface area contributed by atoms with Gasteiger partial charge in [-0.15, -0.1) is 0 Å². The Balaban J connectivity index is 1.66. The van der Waals surface area contributed by atoms with E-state index < -0.39 is 24.7 Å². The minimum Gasteiger partial charge on any atom is -0.339 e. The van der Waals surface area contributed by atoms with Crippen LogP contribution in [0, 0.1) is 6.92 Å². The maximum atomic E-state index is 13.7. The molecule has 1 fully saturated rings. The molecule has 0 bridgehead atoms. The van der Waals surface area contributed by atoms with Crippen LogP contribution in [0.1, 0.15) is 30.1 Å². The highest BCUT2D eigenvalue weighted by Crippen LogP contribution is 2.40. The number of aromatic nitrogens is 4. The van der Waals surface area contributed by atoms with Crippen LogP contribution >= 0.6 is 7.14 Å². The van der Waals surface area contributed by atoms with Gasteiger partial charge in [-0.25, -0.2) is 4.98 Å². The summed E-state index contributed by atoms with van der Waals surface area (Å²) in [4.78, 5) is 8.02. The smallest absolute Gasteiger partial charge is 0.339 e. The molecule has 3 aromatic rings. The molecule has 0 atom stereocenters. The monoisotopic (exact) mass is 493 g/mol. The number of alkyl halides is 3. The normalized spacial score (nSPS) is 15.4. The number of hydrogen-bond donors (Lipinski definition) is 3. The molecule has 0 radical (unpaired) electrons. The van der Waals surface area contributed by atoms with Crippen LogP contribution in [0.25, 0.3) is 0 Å². The summed E-state index contributed by atoms with van der Waals surface area (Å²) in [7, 11) is -2.75. The molecule has 1 saturated heterocycles. The Kier molecular flexibility index (Phi) is 6.69. The Morgan fingerprint density at radius 1 is 1.09 bits per heavy atom. The first-order valence-electron chi connectivity index (χ1n) is 10.9. The highest BCUT2D eigenvalue weighted by molar-refractivity contribution is 7.70. The topological polar surface area (TPSA) is 96.8 Å². The van der Waals surface area contributed by atoms with E-state index in [-0.39, 0.29) is 12.0 Å². The Bertz CT molecular complexity index is 1220.